The van der Waals surface area contributed by atoms with Gasteiger partial charge in [-0.2, -0.15) is 0 Å². The summed E-state index contributed by atoms with van der Waals surface area (Å²) in [5.41, 5.74) is 0. The molecule has 84 valence electrons. The molecule has 2 rings (SSSR count). The third kappa shape index (κ3) is 1.98. The zero-order valence-corrected chi connectivity index (χ0v) is 9.23. The van der Waals surface area contributed by atoms with E-state index in [9.17, 15) is 4.79 Å². The Morgan fingerprint density at radius 2 is 2.27 bits per heavy atom. The molecule has 1 saturated carbocycles. The summed E-state index contributed by atoms with van der Waals surface area (Å²) < 4.78 is 0. The number of nitrogens with one attached hydrogen (secondary N) is 1. The lowest BCUT2D eigenvalue weighted by molar-refractivity contribution is -0.143. The van der Waals surface area contributed by atoms with Gasteiger partial charge in [-0.1, -0.05) is 13.8 Å². The number of amidine groups is 1. The molecule has 3 unspecified atom stereocenters. The highest BCUT2D eigenvalue weighted by molar-refractivity contribution is 5.86. The number of aliphatic carboxylic acids is 1. The van der Waals surface area contributed by atoms with Gasteiger partial charge in [-0.25, -0.2) is 0 Å². The predicted molar refractivity (Wildman–Crippen MR) is 58.0 cm³/mol. The highest BCUT2D eigenvalue weighted by Crippen LogP contribution is 2.30. The molecule has 0 bridgehead atoms. The van der Waals surface area contributed by atoms with Crippen molar-refractivity contribution in [3.05, 3.63) is 0 Å². The molecule has 3 atom stereocenters. The van der Waals surface area contributed by atoms with Crippen LogP contribution in [0.1, 0.15) is 33.1 Å². The molecule has 1 aliphatic carbocycles. The van der Waals surface area contributed by atoms with Crippen molar-refractivity contribution >= 4 is 11.8 Å². The SMILES string of the molecule is CC(C)C1=NC2CCC(C(=O)O)CC2N1. The molecule has 4 heteroatoms. The Kier molecular flexibility index (Phi) is 2.67. The molecular formula is C11H18N2O2. The van der Waals surface area contributed by atoms with E-state index in [0.29, 0.717) is 12.0 Å². The van der Waals surface area contributed by atoms with Crippen molar-refractivity contribution in [2.24, 2.45) is 16.8 Å². The Bertz CT molecular complexity index is 299. The Morgan fingerprint density at radius 1 is 1.53 bits per heavy atom. The summed E-state index contributed by atoms with van der Waals surface area (Å²) in [6.45, 7) is 4.22. The minimum absolute atomic E-state index is 0.180. The van der Waals surface area contributed by atoms with Crippen LogP contribution in [-0.2, 0) is 4.79 Å². The topological polar surface area (TPSA) is 61.7 Å². The van der Waals surface area contributed by atoms with Crippen molar-refractivity contribution in [1.29, 1.82) is 0 Å². The highest BCUT2D eigenvalue weighted by atomic mass is 16.4. The summed E-state index contributed by atoms with van der Waals surface area (Å²) in [7, 11) is 0. The summed E-state index contributed by atoms with van der Waals surface area (Å²) in [6.07, 6.45) is 2.40. The summed E-state index contributed by atoms with van der Waals surface area (Å²) in [5.74, 6) is 0.628. The number of carbonyl (C=O) groups is 1. The molecule has 1 aliphatic heterocycles. The molecular weight excluding hydrogens is 192 g/mol. The molecule has 0 saturated heterocycles. The van der Waals surface area contributed by atoms with Gasteiger partial charge in [0.05, 0.1) is 23.8 Å². The normalized spacial score (nSPS) is 34.6. The average Bonchev–Trinajstić information content (AvgIpc) is 2.59. The van der Waals surface area contributed by atoms with Crippen LogP contribution in [0.3, 0.4) is 0 Å². The van der Waals surface area contributed by atoms with Gasteiger partial charge in [-0.3, -0.25) is 9.79 Å². The fraction of sp³-hybridized carbons (Fsp3) is 0.818. The van der Waals surface area contributed by atoms with E-state index in [4.69, 9.17) is 5.11 Å². The smallest absolute Gasteiger partial charge is 0.306 e. The first kappa shape index (κ1) is 10.5. The van der Waals surface area contributed by atoms with Gasteiger partial charge in [0.2, 0.25) is 0 Å². The average molecular weight is 210 g/mol. The monoisotopic (exact) mass is 210 g/mol. The van der Waals surface area contributed by atoms with Gasteiger partial charge in [0.25, 0.3) is 0 Å². The maximum absolute atomic E-state index is 10.9. The second-order valence-electron chi connectivity index (χ2n) is 4.84. The van der Waals surface area contributed by atoms with E-state index in [1.54, 1.807) is 0 Å². The Morgan fingerprint density at radius 3 is 2.87 bits per heavy atom. The van der Waals surface area contributed by atoms with E-state index in [-0.39, 0.29) is 12.0 Å². The summed E-state index contributed by atoms with van der Waals surface area (Å²) in [6, 6.07) is 0.579. The first-order valence-electron chi connectivity index (χ1n) is 5.65. The fourth-order valence-corrected chi connectivity index (χ4v) is 2.41. The highest BCUT2D eigenvalue weighted by Gasteiger charge is 2.37. The van der Waals surface area contributed by atoms with Gasteiger partial charge in [-0.05, 0) is 19.3 Å². The number of carboxylic acid groups (broad SMARTS) is 1. The molecule has 0 aromatic carbocycles. The molecule has 0 amide bonds. The van der Waals surface area contributed by atoms with E-state index < -0.39 is 5.97 Å². The van der Waals surface area contributed by atoms with Crippen LogP contribution < -0.4 is 5.32 Å². The Balaban J connectivity index is 2.00. The minimum Gasteiger partial charge on any atom is -0.481 e. The number of hydrogen-bond acceptors (Lipinski definition) is 3. The lowest BCUT2D eigenvalue weighted by Gasteiger charge is -2.28. The number of nitrogens with zero attached hydrogens (tertiary/aromatic N) is 1. The number of fused-ring (bicyclic) bond motifs is 1. The van der Waals surface area contributed by atoms with Crippen molar-refractivity contribution < 1.29 is 9.90 Å². The molecule has 1 fully saturated rings. The molecule has 0 spiro atoms. The van der Waals surface area contributed by atoms with Gasteiger partial charge in [0.15, 0.2) is 0 Å². The first-order chi connectivity index (χ1) is 7.08. The Labute approximate surface area is 89.8 Å². The summed E-state index contributed by atoms with van der Waals surface area (Å²) in [4.78, 5) is 15.5. The number of hydrogen-bond donors (Lipinski definition) is 2. The molecule has 1 heterocycles. The third-order valence-corrected chi connectivity index (χ3v) is 3.35. The largest absolute Gasteiger partial charge is 0.481 e. The van der Waals surface area contributed by atoms with Crippen LogP contribution in [0.15, 0.2) is 4.99 Å². The van der Waals surface area contributed by atoms with Crippen molar-refractivity contribution in [2.75, 3.05) is 0 Å². The van der Waals surface area contributed by atoms with Crippen molar-refractivity contribution in [3.8, 4) is 0 Å². The van der Waals surface area contributed by atoms with Crippen LogP contribution in [0, 0.1) is 11.8 Å². The number of rotatable bonds is 2. The van der Waals surface area contributed by atoms with Gasteiger partial charge in [0.1, 0.15) is 0 Å². The van der Waals surface area contributed by atoms with E-state index >= 15 is 0 Å². The molecule has 2 aliphatic rings. The van der Waals surface area contributed by atoms with E-state index in [0.717, 1.165) is 25.1 Å². The van der Waals surface area contributed by atoms with Crippen LogP contribution in [0.4, 0.5) is 0 Å². The minimum atomic E-state index is -0.659. The van der Waals surface area contributed by atoms with Gasteiger partial charge < -0.3 is 10.4 Å². The van der Waals surface area contributed by atoms with Crippen LogP contribution in [0.5, 0.6) is 0 Å². The summed E-state index contributed by atoms with van der Waals surface area (Å²) in [5, 5.41) is 12.3. The van der Waals surface area contributed by atoms with Crippen molar-refractivity contribution in [3.63, 3.8) is 0 Å². The second-order valence-corrected chi connectivity index (χ2v) is 4.84. The zero-order chi connectivity index (χ0) is 11.0. The van der Waals surface area contributed by atoms with Gasteiger partial charge in [0, 0.05) is 5.92 Å². The van der Waals surface area contributed by atoms with Crippen LogP contribution in [0.2, 0.25) is 0 Å². The Hall–Kier alpha value is -1.06. The van der Waals surface area contributed by atoms with Gasteiger partial charge in [-0.15, -0.1) is 0 Å². The predicted octanol–water partition coefficient (Wildman–Crippen LogP) is 1.27. The molecule has 15 heavy (non-hydrogen) atoms. The lowest BCUT2D eigenvalue weighted by atomic mass is 9.83. The number of aliphatic imine (C=N–C) groups is 1. The van der Waals surface area contributed by atoms with Crippen LogP contribution in [-0.4, -0.2) is 29.0 Å². The zero-order valence-electron chi connectivity index (χ0n) is 9.23. The molecule has 0 radical (unpaired) electrons. The third-order valence-electron chi connectivity index (χ3n) is 3.35. The first-order valence-corrected chi connectivity index (χ1v) is 5.65. The van der Waals surface area contributed by atoms with E-state index in [1.165, 1.54) is 0 Å². The van der Waals surface area contributed by atoms with Crippen LogP contribution >= 0.6 is 0 Å². The molecule has 2 N–H and O–H groups in total. The molecule has 0 aromatic heterocycles. The van der Waals surface area contributed by atoms with Crippen LogP contribution in [0.25, 0.3) is 0 Å². The second kappa shape index (κ2) is 3.83. The van der Waals surface area contributed by atoms with E-state index in [2.05, 4.69) is 24.2 Å². The lowest BCUT2D eigenvalue weighted by Crippen LogP contribution is -2.42. The quantitative estimate of drug-likeness (QED) is 0.721. The fourth-order valence-electron chi connectivity index (χ4n) is 2.41. The standard InChI is InChI=1S/C11H18N2O2/c1-6(2)10-12-8-4-3-7(11(14)15)5-9(8)13-10/h6-9H,3-5H2,1-2H3,(H,12,13)(H,14,15). The molecule has 4 nitrogen and oxygen atoms in total. The van der Waals surface area contributed by atoms with Gasteiger partial charge >= 0.3 is 5.97 Å². The van der Waals surface area contributed by atoms with Crippen molar-refractivity contribution in [1.82, 2.24) is 5.32 Å². The number of carboxylic acids is 1. The molecule has 0 aromatic rings. The van der Waals surface area contributed by atoms with E-state index in [1.807, 2.05) is 0 Å². The maximum Gasteiger partial charge on any atom is 0.306 e. The van der Waals surface area contributed by atoms with Crippen molar-refractivity contribution in [2.45, 2.75) is 45.2 Å². The summed E-state index contributed by atoms with van der Waals surface area (Å²) >= 11 is 0. The maximum atomic E-state index is 10.9.